The number of nitrogens with zero attached hydrogens (tertiary/aromatic N) is 3. The molecule has 4 bridgehead atoms. The third-order valence-corrected chi connectivity index (χ3v) is 10.9. The molecule has 3 saturated heterocycles. The predicted octanol–water partition coefficient (Wildman–Crippen LogP) is 3.05. The van der Waals surface area contributed by atoms with Crippen LogP contribution in [0, 0.1) is 12.3 Å². The van der Waals surface area contributed by atoms with Gasteiger partial charge in [-0.1, -0.05) is 20.8 Å². The molecule has 5 aliphatic rings. The van der Waals surface area contributed by atoms with Gasteiger partial charge in [0.2, 0.25) is 23.6 Å². The summed E-state index contributed by atoms with van der Waals surface area (Å²) in [6, 6.07) is -0.505. The number of rotatable bonds is 8. The third-order valence-electron chi connectivity index (χ3n) is 9.77. The normalized spacial score (nSPS) is 26.7. The van der Waals surface area contributed by atoms with Crippen molar-refractivity contribution in [3.05, 3.63) is 15.6 Å². The molecule has 4 amide bonds. The zero-order valence-electron chi connectivity index (χ0n) is 28.2. The van der Waals surface area contributed by atoms with E-state index in [1.165, 1.54) is 0 Å². The van der Waals surface area contributed by atoms with Crippen LogP contribution in [0.4, 0.5) is 0 Å². The molecule has 3 fully saturated rings. The number of thiazole rings is 1. The van der Waals surface area contributed by atoms with Crippen LogP contribution in [-0.2, 0) is 30.3 Å². The number of hydrogen-bond donors (Lipinski definition) is 3. The summed E-state index contributed by atoms with van der Waals surface area (Å²) in [5.74, 6) is 0.131. The minimum absolute atomic E-state index is 0.0387. The molecular formula is C34H54N6O5S. The molecule has 12 heteroatoms. The topological polar surface area (TPSA) is 133 Å². The van der Waals surface area contributed by atoms with Gasteiger partial charge in [0.15, 0.2) is 0 Å². The van der Waals surface area contributed by atoms with Gasteiger partial charge in [-0.2, -0.15) is 0 Å². The smallest absolute Gasteiger partial charge is 0.245 e. The molecule has 5 aliphatic heterocycles. The number of amides is 4. The summed E-state index contributed by atoms with van der Waals surface area (Å²) < 4.78 is 5.54. The lowest BCUT2D eigenvalue weighted by molar-refractivity contribution is -0.145. The van der Waals surface area contributed by atoms with Crippen molar-refractivity contribution in [1.29, 1.82) is 0 Å². The molecule has 6 heterocycles. The number of nitrogens with one attached hydrogen (secondary N) is 3. The van der Waals surface area contributed by atoms with Gasteiger partial charge in [-0.25, -0.2) is 4.98 Å². The molecule has 0 aliphatic carbocycles. The molecule has 3 N–H and O–H groups in total. The molecule has 11 nitrogen and oxygen atoms in total. The quantitative estimate of drug-likeness (QED) is 0.366. The van der Waals surface area contributed by atoms with Crippen LogP contribution in [0.15, 0.2) is 0 Å². The summed E-state index contributed by atoms with van der Waals surface area (Å²) >= 11 is 1.66. The van der Waals surface area contributed by atoms with E-state index in [1.54, 1.807) is 16.2 Å². The van der Waals surface area contributed by atoms with E-state index in [2.05, 4.69) is 16.0 Å². The SMILES string of the molecule is Cc1sc2nc1CC(=O)N[C@@H](CCCCNC(=O)CC(C)(C)C)CC(=O)N1C[C@@H](NC3CCOCC3)C[C@H]1C(=O)N1CCC2CC1. The van der Waals surface area contributed by atoms with E-state index in [4.69, 9.17) is 9.72 Å². The molecule has 6 rings (SSSR count). The lowest BCUT2D eigenvalue weighted by atomic mass is 9.92. The summed E-state index contributed by atoms with van der Waals surface area (Å²) in [7, 11) is 0. The lowest BCUT2D eigenvalue weighted by Crippen LogP contribution is -2.51. The maximum Gasteiger partial charge on any atom is 0.245 e. The fourth-order valence-corrected chi connectivity index (χ4v) is 8.39. The average molecular weight is 659 g/mol. The van der Waals surface area contributed by atoms with Crippen molar-refractivity contribution in [2.75, 3.05) is 39.4 Å². The van der Waals surface area contributed by atoms with Crippen molar-refractivity contribution in [2.24, 2.45) is 5.41 Å². The fraction of sp³-hybridized carbons (Fsp3) is 0.794. The Morgan fingerprint density at radius 2 is 1.80 bits per heavy atom. The van der Waals surface area contributed by atoms with Gasteiger partial charge in [0.25, 0.3) is 0 Å². The van der Waals surface area contributed by atoms with E-state index in [0.717, 1.165) is 67.3 Å². The van der Waals surface area contributed by atoms with Crippen LogP contribution < -0.4 is 16.0 Å². The Morgan fingerprint density at radius 1 is 1.07 bits per heavy atom. The Kier molecular flexibility index (Phi) is 11.8. The summed E-state index contributed by atoms with van der Waals surface area (Å²) in [6.07, 6.45) is 7.05. The molecule has 0 saturated carbocycles. The predicted molar refractivity (Wildman–Crippen MR) is 177 cm³/mol. The second-order valence-corrected chi connectivity index (χ2v) is 16.2. The van der Waals surface area contributed by atoms with Crippen LogP contribution in [0.25, 0.3) is 0 Å². The van der Waals surface area contributed by atoms with Crippen LogP contribution in [0.1, 0.15) is 106 Å². The Hall–Kier alpha value is -2.57. The number of carbonyl (C=O) groups is 4. The Labute approximate surface area is 278 Å². The summed E-state index contributed by atoms with van der Waals surface area (Å²) in [5, 5.41) is 10.9. The molecule has 0 aromatic carbocycles. The monoisotopic (exact) mass is 658 g/mol. The van der Waals surface area contributed by atoms with E-state index in [9.17, 15) is 19.2 Å². The fourth-order valence-electron chi connectivity index (χ4n) is 7.28. The first-order valence-electron chi connectivity index (χ1n) is 17.4. The minimum atomic E-state index is -0.502. The van der Waals surface area contributed by atoms with Crippen LogP contribution in [0.5, 0.6) is 0 Å². The van der Waals surface area contributed by atoms with Crippen molar-refractivity contribution in [3.8, 4) is 0 Å². The molecule has 3 atom stereocenters. The number of fused-ring (bicyclic) bond motifs is 7. The van der Waals surface area contributed by atoms with Gasteiger partial charge in [-0.15, -0.1) is 11.3 Å². The molecule has 1 aromatic rings. The number of aryl methyl sites for hydroxylation is 1. The molecule has 0 spiro atoms. The average Bonchev–Trinajstić information content (AvgIpc) is 3.59. The van der Waals surface area contributed by atoms with Crippen molar-refractivity contribution in [3.63, 3.8) is 0 Å². The van der Waals surface area contributed by atoms with Crippen LogP contribution in [0.2, 0.25) is 0 Å². The van der Waals surface area contributed by atoms with E-state index in [0.29, 0.717) is 51.5 Å². The van der Waals surface area contributed by atoms with Gasteiger partial charge >= 0.3 is 0 Å². The Balaban J connectivity index is 1.30. The summed E-state index contributed by atoms with van der Waals surface area (Å²) in [5.41, 5.74) is 0.732. The summed E-state index contributed by atoms with van der Waals surface area (Å²) in [6.45, 7) is 12.0. The highest BCUT2D eigenvalue weighted by Gasteiger charge is 2.43. The van der Waals surface area contributed by atoms with Gasteiger partial charge in [-0.05, 0) is 63.7 Å². The van der Waals surface area contributed by atoms with Crippen LogP contribution >= 0.6 is 11.3 Å². The number of unbranched alkanes of at least 4 members (excludes halogenated alkanes) is 1. The largest absolute Gasteiger partial charge is 0.381 e. The highest BCUT2D eigenvalue weighted by Crippen LogP contribution is 2.34. The molecule has 256 valence electrons. The van der Waals surface area contributed by atoms with Crippen molar-refractivity contribution in [2.45, 2.75) is 128 Å². The van der Waals surface area contributed by atoms with Crippen molar-refractivity contribution in [1.82, 2.24) is 30.7 Å². The number of aromatic nitrogens is 1. The maximum absolute atomic E-state index is 14.0. The zero-order valence-corrected chi connectivity index (χ0v) is 29.0. The maximum atomic E-state index is 14.0. The minimum Gasteiger partial charge on any atom is -0.381 e. The summed E-state index contributed by atoms with van der Waals surface area (Å²) in [4.78, 5) is 63.4. The van der Waals surface area contributed by atoms with Crippen molar-refractivity contribution >= 4 is 35.0 Å². The van der Waals surface area contributed by atoms with Gasteiger partial charge in [0.05, 0.1) is 17.1 Å². The highest BCUT2D eigenvalue weighted by molar-refractivity contribution is 7.11. The molecular weight excluding hydrogens is 604 g/mol. The molecule has 0 unspecified atom stereocenters. The van der Waals surface area contributed by atoms with Gasteiger partial charge in [-0.3, -0.25) is 19.2 Å². The second kappa shape index (κ2) is 15.6. The van der Waals surface area contributed by atoms with Gasteiger partial charge in [0, 0.05) is 81.2 Å². The third kappa shape index (κ3) is 9.50. The number of ether oxygens (including phenoxy) is 1. The first kappa shape index (κ1) is 34.8. The first-order chi connectivity index (χ1) is 21.9. The number of hydrogen-bond acceptors (Lipinski definition) is 8. The first-order valence-corrected chi connectivity index (χ1v) is 18.2. The van der Waals surface area contributed by atoms with E-state index in [-0.39, 0.29) is 59.9 Å². The zero-order chi connectivity index (χ0) is 32.8. The Morgan fingerprint density at radius 3 is 2.52 bits per heavy atom. The number of carbonyl (C=O) groups excluding carboxylic acids is 4. The molecule has 0 radical (unpaired) electrons. The van der Waals surface area contributed by atoms with E-state index >= 15 is 0 Å². The highest BCUT2D eigenvalue weighted by atomic mass is 32.1. The van der Waals surface area contributed by atoms with Crippen LogP contribution in [-0.4, -0.2) is 102 Å². The second-order valence-electron chi connectivity index (χ2n) is 14.9. The van der Waals surface area contributed by atoms with Crippen LogP contribution in [0.3, 0.4) is 0 Å². The molecule has 1 aromatic heterocycles. The van der Waals surface area contributed by atoms with Crippen molar-refractivity contribution < 1.29 is 23.9 Å². The number of piperidine rings is 1. The molecule has 46 heavy (non-hydrogen) atoms. The van der Waals surface area contributed by atoms with E-state index in [1.807, 2.05) is 32.6 Å². The van der Waals surface area contributed by atoms with E-state index < -0.39 is 6.04 Å². The lowest BCUT2D eigenvalue weighted by Gasteiger charge is -2.35. The standard InChI is InChI=1S/C34H54N6O5S/c1-22-27-19-29(41)37-25(7-5-6-12-35-30(42)20-34(2,3)4)18-31(43)40-21-26(36-24-10-15-45-16-11-24)17-28(40)33(44)39-13-8-23(9-14-39)32(38-27)46-22/h23-26,28,36H,5-21H2,1-4H3,(H,35,42)(H,37,41)/t25-,26-,28-/m0/s1. The van der Waals surface area contributed by atoms with Gasteiger partial charge < -0.3 is 30.5 Å². The Bertz CT molecular complexity index is 1230. The van der Waals surface area contributed by atoms with Gasteiger partial charge in [0.1, 0.15) is 6.04 Å².